The number of aliphatic imine (C=N–C) groups is 1. The second-order valence-electron chi connectivity index (χ2n) is 11.4. The van der Waals surface area contributed by atoms with E-state index in [9.17, 15) is 18.8 Å². The Morgan fingerprint density at radius 2 is 1.76 bits per heavy atom. The summed E-state index contributed by atoms with van der Waals surface area (Å²) in [5, 5.41) is 11.4. The van der Waals surface area contributed by atoms with E-state index >= 15 is 0 Å². The second-order valence-corrected chi connectivity index (χ2v) is 11.4. The van der Waals surface area contributed by atoms with Crippen LogP contribution in [-0.2, 0) is 9.59 Å². The highest BCUT2D eigenvalue weighted by molar-refractivity contribution is 6.46. The summed E-state index contributed by atoms with van der Waals surface area (Å²) in [6.45, 7) is 8.70. The minimum Gasteiger partial charge on any atom is -0.481 e. The Balaban J connectivity index is 1.62. The summed E-state index contributed by atoms with van der Waals surface area (Å²) in [5.74, 6) is -1.58. The first kappa shape index (κ1) is 27.5. The Bertz CT molecular complexity index is 1240. The highest BCUT2D eigenvalue weighted by Crippen LogP contribution is 2.49. The average Bonchev–Trinajstić information content (AvgIpc) is 3.14. The van der Waals surface area contributed by atoms with E-state index in [-0.39, 0.29) is 47.5 Å². The lowest BCUT2D eigenvalue weighted by Gasteiger charge is -2.46. The number of carboxylic acids is 1. The van der Waals surface area contributed by atoms with Gasteiger partial charge in [-0.05, 0) is 73.8 Å². The van der Waals surface area contributed by atoms with E-state index in [0.29, 0.717) is 24.3 Å². The van der Waals surface area contributed by atoms with Gasteiger partial charge in [-0.3, -0.25) is 19.4 Å². The van der Waals surface area contributed by atoms with Gasteiger partial charge < -0.3 is 15.3 Å². The molecular weight excluding hydrogens is 485 g/mol. The van der Waals surface area contributed by atoms with E-state index in [2.05, 4.69) is 26.1 Å². The summed E-state index contributed by atoms with van der Waals surface area (Å²) in [7, 11) is 0. The summed E-state index contributed by atoms with van der Waals surface area (Å²) in [4.78, 5) is 43.8. The zero-order valence-corrected chi connectivity index (χ0v) is 22.5. The van der Waals surface area contributed by atoms with Crippen molar-refractivity contribution in [3.05, 3.63) is 71.0 Å². The Hall–Kier alpha value is -3.55. The molecule has 4 rings (SSSR count). The van der Waals surface area contributed by atoms with Crippen LogP contribution in [0, 0.1) is 17.2 Å². The van der Waals surface area contributed by atoms with Gasteiger partial charge in [0.05, 0.1) is 12.5 Å². The Morgan fingerprint density at radius 3 is 2.34 bits per heavy atom. The number of aliphatic carboxylic acids is 1. The first-order valence-corrected chi connectivity index (χ1v) is 13.2. The van der Waals surface area contributed by atoms with Crippen molar-refractivity contribution in [2.75, 3.05) is 6.54 Å². The molecule has 38 heavy (non-hydrogen) atoms. The maximum Gasteiger partial charge on any atom is 0.305 e. The van der Waals surface area contributed by atoms with Gasteiger partial charge in [0.15, 0.2) is 0 Å². The number of carbonyl (C=O) groups is 3. The quantitative estimate of drug-likeness (QED) is 0.513. The zero-order chi connectivity index (χ0) is 27.7. The Kier molecular flexibility index (Phi) is 7.72. The number of carboxylic acid groups (broad SMARTS) is 1. The number of hydrogen-bond acceptors (Lipinski definition) is 4. The first-order chi connectivity index (χ1) is 17.9. The van der Waals surface area contributed by atoms with E-state index in [1.165, 1.54) is 6.07 Å². The van der Waals surface area contributed by atoms with E-state index in [1.54, 1.807) is 42.5 Å². The van der Waals surface area contributed by atoms with Crippen molar-refractivity contribution in [3.63, 3.8) is 0 Å². The molecule has 2 aliphatic rings. The van der Waals surface area contributed by atoms with Crippen molar-refractivity contribution in [1.82, 2.24) is 10.2 Å². The van der Waals surface area contributed by atoms with Gasteiger partial charge in [-0.1, -0.05) is 45.0 Å². The molecular formula is C30H36FN3O4. The van der Waals surface area contributed by atoms with Gasteiger partial charge >= 0.3 is 5.97 Å². The SMILES string of the molecule is CC(c1ccc(C(=O)NCCC(=O)O)cc1)N1C(=O)C(c2ccccc2F)=NC12CCC(C(C)(C)C)CC2. The highest BCUT2D eigenvalue weighted by Gasteiger charge is 2.52. The number of carbonyl (C=O) groups excluding carboxylic acids is 2. The van der Waals surface area contributed by atoms with Gasteiger partial charge in [0, 0.05) is 17.7 Å². The molecule has 2 amide bonds. The van der Waals surface area contributed by atoms with Crippen molar-refractivity contribution in [1.29, 1.82) is 0 Å². The molecule has 1 atom stereocenters. The molecule has 1 fully saturated rings. The third-order valence-electron chi connectivity index (χ3n) is 8.00. The van der Waals surface area contributed by atoms with Crippen molar-refractivity contribution < 1.29 is 23.9 Å². The molecule has 0 aromatic heterocycles. The number of halogens is 1. The van der Waals surface area contributed by atoms with Crippen molar-refractivity contribution in [2.45, 2.75) is 71.5 Å². The standard InChI is InChI=1S/C30H36FN3O4/c1-19(20-9-11-21(12-10-20)27(37)32-18-15-25(35)36)34-28(38)26(23-7-5-6-8-24(23)31)33-30(34)16-13-22(14-17-30)29(2,3)4/h5-12,19,22H,13-18H2,1-4H3,(H,32,37)(H,35,36). The molecule has 1 spiro atoms. The van der Waals surface area contributed by atoms with E-state index in [4.69, 9.17) is 10.1 Å². The molecule has 0 bridgehead atoms. The topological polar surface area (TPSA) is 99.1 Å². The lowest BCUT2D eigenvalue weighted by molar-refractivity contribution is -0.137. The van der Waals surface area contributed by atoms with Crippen molar-refractivity contribution in [3.8, 4) is 0 Å². The number of amides is 2. The normalized spacial score (nSPS) is 22.3. The molecule has 2 N–H and O–H groups in total. The fourth-order valence-corrected chi connectivity index (χ4v) is 5.72. The summed E-state index contributed by atoms with van der Waals surface area (Å²) in [6.07, 6.45) is 3.09. The molecule has 0 saturated heterocycles. The van der Waals surface area contributed by atoms with Gasteiger partial charge in [-0.25, -0.2) is 4.39 Å². The molecule has 1 aliphatic carbocycles. The summed E-state index contributed by atoms with van der Waals surface area (Å²) in [5.41, 5.74) is 1.03. The lowest BCUT2D eigenvalue weighted by Crippen LogP contribution is -2.50. The van der Waals surface area contributed by atoms with Crippen LogP contribution >= 0.6 is 0 Å². The van der Waals surface area contributed by atoms with E-state index < -0.39 is 17.4 Å². The molecule has 2 aromatic rings. The largest absolute Gasteiger partial charge is 0.481 e. The predicted octanol–water partition coefficient (Wildman–Crippen LogP) is 5.36. The molecule has 1 unspecified atom stereocenters. The molecule has 202 valence electrons. The van der Waals surface area contributed by atoms with Crippen molar-refractivity contribution in [2.24, 2.45) is 16.3 Å². The summed E-state index contributed by atoms with van der Waals surface area (Å²) < 4.78 is 14.8. The Morgan fingerprint density at radius 1 is 1.13 bits per heavy atom. The maximum atomic E-state index is 14.8. The van der Waals surface area contributed by atoms with Crippen LogP contribution in [0.1, 0.15) is 87.3 Å². The number of nitrogens with one attached hydrogen (secondary N) is 1. The van der Waals surface area contributed by atoms with Crippen LogP contribution in [0.4, 0.5) is 4.39 Å². The Labute approximate surface area is 223 Å². The minimum atomic E-state index is -0.979. The molecule has 1 saturated carbocycles. The third kappa shape index (κ3) is 5.49. The number of benzene rings is 2. The molecule has 7 nitrogen and oxygen atoms in total. The van der Waals surface area contributed by atoms with Gasteiger partial charge in [0.2, 0.25) is 0 Å². The van der Waals surface area contributed by atoms with E-state index in [1.807, 2.05) is 11.8 Å². The molecule has 2 aromatic carbocycles. The van der Waals surface area contributed by atoms with E-state index in [0.717, 1.165) is 18.4 Å². The maximum absolute atomic E-state index is 14.8. The average molecular weight is 522 g/mol. The van der Waals surface area contributed by atoms with Crippen LogP contribution < -0.4 is 5.32 Å². The van der Waals surface area contributed by atoms with Gasteiger partial charge in [-0.2, -0.15) is 0 Å². The zero-order valence-electron chi connectivity index (χ0n) is 22.5. The lowest BCUT2D eigenvalue weighted by atomic mass is 9.69. The minimum absolute atomic E-state index is 0.0445. The summed E-state index contributed by atoms with van der Waals surface area (Å²) in [6, 6.07) is 12.9. The molecule has 1 aliphatic heterocycles. The van der Waals surface area contributed by atoms with Crippen LogP contribution in [0.5, 0.6) is 0 Å². The van der Waals surface area contributed by atoms with Crippen LogP contribution in [0.3, 0.4) is 0 Å². The van der Waals surface area contributed by atoms with Crippen LogP contribution in [-0.4, -0.2) is 45.7 Å². The number of hydrogen-bond donors (Lipinski definition) is 2. The van der Waals surface area contributed by atoms with Crippen LogP contribution in [0.15, 0.2) is 53.5 Å². The fraction of sp³-hybridized carbons (Fsp3) is 0.467. The second kappa shape index (κ2) is 10.7. The molecule has 0 radical (unpaired) electrons. The van der Waals surface area contributed by atoms with Gasteiger partial charge in [0.25, 0.3) is 11.8 Å². The first-order valence-electron chi connectivity index (χ1n) is 13.2. The number of rotatable bonds is 7. The predicted molar refractivity (Wildman–Crippen MR) is 143 cm³/mol. The van der Waals surface area contributed by atoms with Crippen molar-refractivity contribution >= 4 is 23.5 Å². The molecule has 8 heteroatoms. The fourth-order valence-electron chi connectivity index (χ4n) is 5.72. The third-order valence-corrected chi connectivity index (χ3v) is 8.00. The van der Waals surface area contributed by atoms with Gasteiger partial charge in [-0.15, -0.1) is 0 Å². The highest BCUT2D eigenvalue weighted by atomic mass is 19.1. The number of nitrogens with zero attached hydrogens (tertiary/aromatic N) is 2. The monoisotopic (exact) mass is 521 g/mol. The summed E-state index contributed by atoms with van der Waals surface area (Å²) >= 11 is 0. The van der Waals surface area contributed by atoms with Crippen LogP contribution in [0.25, 0.3) is 0 Å². The molecule has 1 heterocycles. The van der Waals surface area contributed by atoms with Gasteiger partial charge in [0.1, 0.15) is 17.2 Å². The smallest absolute Gasteiger partial charge is 0.305 e. The van der Waals surface area contributed by atoms with Crippen LogP contribution in [0.2, 0.25) is 0 Å².